The van der Waals surface area contributed by atoms with Crippen LogP contribution in [0.3, 0.4) is 0 Å². The second-order valence-electron chi connectivity index (χ2n) is 14.7. The average Bonchev–Trinajstić information content (AvgIpc) is 3.79. The fraction of sp³-hybridized carbons (Fsp3) is 0.130. The van der Waals surface area contributed by atoms with E-state index in [-0.39, 0.29) is 11.5 Å². The monoisotopic (exact) mass is 850 g/mol. The summed E-state index contributed by atoms with van der Waals surface area (Å²) in [6.07, 6.45) is -4.50. The van der Waals surface area contributed by atoms with Gasteiger partial charge >= 0.3 is 329 Å². The van der Waals surface area contributed by atoms with Gasteiger partial charge in [0, 0.05) is 0 Å². The molecule has 2 atom stereocenters. The number of hydrogen-bond acceptors (Lipinski definition) is 2. The predicted octanol–water partition coefficient (Wildman–Crippen LogP) is 12.5. The van der Waals surface area contributed by atoms with E-state index >= 15 is 0 Å². The molecule has 6 aromatic rings. The summed E-state index contributed by atoms with van der Waals surface area (Å²) < 4.78 is 97.0. The number of rotatable bonds is 8. The molecule has 9 rings (SSSR count). The Morgan fingerprint density at radius 2 is 0.804 bits per heavy atom. The first-order chi connectivity index (χ1) is 26.9. The van der Waals surface area contributed by atoms with Crippen molar-refractivity contribution in [1.82, 2.24) is 0 Å². The van der Waals surface area contributed by atoms with Crippen LogP contribution in [-0.4, -0.2) is 8.07 Å². The van der Waals surface area contributed by atoms with Crippen LogP contribution in [0.4, 0.5) is 26.3 Å². The maximum absolute atomic E-state index is 13.8. The van der Waals surface area contributed by atoms with Crippen molar-refractivity contribution in [2.45, 2.75) is 31.7 Å². The molecule has 280 valence electrons. The van der Waals surface area contributed by atoms with Crippen molar-refractivity contribution in [2.75, 3.05) is 0 Å². The molecule has 0 aromatic heterocycles. The Morgan fingerprint density at radius 3 is 1.18 bits per heavy atom. The zero-order chi connectivity index (χ0) is 38.7. The molecule has 56 heavy (non-hydrogen) atoms. The summed E-state index contributed by atoms with van der Waals surface area (Å²) in [6, 6.07) is 48.1. The Bertz CT molecular complexity index is 2290. The van der Waals surface area contributed by atoms with Crippen molar-refractivity contribution in [3.05, 3.63) is 213 Å². The quantitative estimate of drug-likeness (QED) is 0.112. The number of hydrogen-bond donors (Lipinski definition) is 0. The third-order valence-corrected chi connectivity index (χ3v) is 27.6. The van der Waals surface area contributed by atoms with E-state index in [1.165, 1.54) is 45.8 Å². The maximum atomic E-state index is 13.8. The van der Waals surface area contributed by atoms with Gasteiger partial charge in [-0.05, 0) is 0 Å². The van der Waals surface area contributed by atoms with Gasteiger partial charge in [-0.1, -0.05) is 0 Å². The fourth-order valence-electron chi connectivity index (χ4n) is 9.08. The molecule has 1 fully saturated rings. The number of alkyl halides is 6. The molecule has 0 bridgehead atoms. The topological polar surface area (TPSA) is 18.5 Å². The molecule has 1 saturated heterocycles. The summed E-state index contributed by atoms with van der Waals surface area (Å²) in [7, 11) is -2.89. The van der Waals surface area contributed by atoms with E-state index < -0.39 is 60.0 Å². The molecular weight excluding hydrogens is 818 g/mol. The molecule has 2 nitrogen and oxygen atoms in total. The van der Waals surface area contributed by atoms with Crippen molar-refractivity contribution in [2.24, 2.45) is 0 Å². The van der Waals surface area contributed by atoms with Crippen molar-refractivity contribution in [3.8, 4) is 11.5 Å². The number of benzene rings is 6. The van der Waals surface area contributed by atoms with Crippen LogP contribution >= 0.6 is 0 Å². The molecule has 1 aliphatic heterocycles. The van der Waals surface area contributed by atoms with Gasteiger partial charge in [0.2, 0.25) is 0 Å². The first-order valence-corrected chi connectivity index (χ1v) is 25.6. The molecule has 1 heterocycles. The molecular formula is C46H34F6O2SiZr. The van der Waals surface area contributed by atoms with Crippen LogP contribution in [-0.2, 0) is 45.6 Å². The first-order valence-electron chi connectivity index (χ1n) is 18.4. The Balaban J connectivity index is 1.33. The molecule has 10 heteroatoms. The Labute approximate surface area is 327 Å². The van der Waals surface area contributed by atoms with Gasteiger partial charge in [-0.2, -0.15) is 0 Å². The van der Waals surface area contributed by atoms with Crippen LogP contribution in [0.2, 0.25) is 0 Å². The van der Waals surface area contributed by atoms with E-state index in [0.717, 1.165) is 58.6 Å². The molecule has 0 radical (unpaired) electrons. The number of fused-ring (bicyclic) bond motifs is 6. The van der Waals surface area contributed by atoms with Crippen LogP contribution in [0.25, 0.3) is 12.2 Å². The van der Waals surface area contributed by atoms with E-state index in [1.54, 1.807) is 0 Å². The summed E-state index contributed by atoms with van der Waals surface area (Å²) in [5.41, 5.74) is 4.83. The Morgan fingerprint density at radius 1 is 0.446 bits per heavy atom. The molecule has 3 aliphatic rings. The summed E-state index contributed by atoms with van der Waals surface area (Å²) in [5, 5.41) is 2.44. The Kier molecular flexibility index (Phi) is 9.13. The molecule has 0 saturated carbocycles. The van der Waals surface area contributed by atoms with Crippen molar-refractivity contribution >= 4 is 20.2 Å². The molecule has 2 aliphatic carbocycles. The fourth-order valence-corrected chi connectivity index (χ4v) is 31.5. The van der Waals surface area contributed by atoms with E-state index in [2.05, 4.69) is 84.9 Å². The SMILES string of the molecule is FC(F)(F)c1ccc([O][Zr]2([O]c3ccc(C(F)(F)F)cc3)[CH]3C(=Cc4ccccc43)[Si](Cc3ccccc3)(Cc3ccccc3)C3=Cc4ccccc4[CH]32)cc1. The molecule has 2 unspecified atom stereocenters. The van der Waals surface area contributed by atoms with Crippen LogP contribution in [0, 0.1) is 0 Å². The van der Waals surface area contributed by atoms with Gasteiger partial charge in [0.25, 0.3) is 0 Å². The van der Waals surface area contributed by atoms with E-state index in [0.29, 0.717) is 0 Å². The van der Waals surface area contributed by atoms with Gasteiger partial charge in [-0.25, -0.2) is 0 Å². The van der Waals surface area contributed by atoms with Gasteiger partial charge in [0.15, 0.2) is 0 Å². The number of allylic oxidation sites excluding steroid dienone is 2. The Hall–Kier alpha value is -4.92. The van der Waals surface area contributed by atoms with Gasteiger partial charge in [0.05, 0.1) is 0 Å². The summed E-state index contributed by atoms with van der Waals surface area (Å²) in [6.45, 7) is 0. The summed E-state index contributed by atoms with van der Waals surface area (Å²) in [4.78, 5) is 0. The van der Waals surface area contributed by atoms with E-state index in [4.69, 9.17) is 5.63 Å². The standard InChI is InChI=1S/C32H26Si.2C7H5F3O.Zr/c1-3-11-25(12-4-1)23-33(24-26-13-5-2-6-14-26,31-19-27-15-7-8-16-28(27)20-31)32-21-29-17-9-10-18-30(29)22-32;2*8-7(9,10)5-1-3-6(11)4-2-5;/h1-22H,23-24H2;2*1-4,11H;/q;;;+2/p-2. The van der Waals surface area contributed by atoms with Gasteiger partial charge in [-0.3, -0.25) is 0 Å². The minimum absolute atomic E-state index is 0.230. The van der Waals surface area contributed by atoms with Crippen LogP contribution in [0.5, 0.6) is 11.5 Å². The third kappa shape index (κ3) is 6.41. The first kappa shape index (κ1) is 36.7. The molecule has 0 spiro atoms. The predicted molar refractivity (Wildman–Crippen MR) is 205 cm³/mol. The van der Waals surface area contributed by atoms with Crippen molar-refractivity contribution in [3.63, 3.8) is 0 Å². The zero-order valence-electron chi connectivity index (χ0n) is 29.8. The normalized spacial score (nSPS) is 18.8. The van der Waals surface area contributed by atoms with E-state index in [1.807, 2.05) is 36.4 Å². The summed E-state index contributed by atoms with van der Waals surface area (Å²) in [5.74, 6) is 0.460. The molecule has 0 N–H and O–H groups in total. The van der Waals surface area contributed by atoms with E-state index in [9.17, 15) is 26.3 Å². The summed E-state index contributed by atoms with van der Waals surface area (Å²) >= 11 is -5.24. The minimum atomic E-state index is -5.24. The molecule has 0 amide bonds. The van der Waals surface area contributed by atoms with Crippen molar-refractivity contribution in [1.29, 1.82) is 0 Å². The van der Waals surface area contributed by atoms with Crippen LogP contribution in [0.1, 0.15) is 51.8 Å². The van der Waals surface area contributed by atoms with Gasteiger partial charge in [-0.15, -0.1) is 0 Å². The third-order valence-electron chi connectivity index (χ3n) is 11.4. The van der Waals surface area contributed by atoms with Crippen LogP contribution < -0.4 is 5.63 Å². The second kappa shape index (κ2) is 13.9. The average molecular weight is 852 g/mol. The van der Waals surface area contributed by atoms with Crippen molar-refractivity contribution < 1.29 is 53.1 Å². The number of halogens is 6. The zero-order valence-corrected chi connectivity index (χ0v) is 33.3. The van der Waals surface area contributed by atoms with Crippen LogP contribution in [0.15, 0.2) is 168 Å². The van der Waals surface area contributed by atoms with Gasteiger partial charge in [0.1, 0.15) is 0 Å². The molecule has 6 aromatic carbocycles. The second-order valence-corrected chi connectivity index (χ2v) is 26.1. The van der Waals surface area contributed by atoms with Gasteiger partial charge < -0.3 is 0 Å².